The second-order valence-electron chi connectivity index (χ2n) is 5.36. The summed E-state index contributed by atoms with van der Waals surface area (Å²) < 4.78 is 2.22. The Morgan fingerprint density at radius 1 is 1.28 bits per heavy atom. The number of rotatable bonds is 6. The molecule has 3 rings (SSSR count). The molecule has 130 valence electrons. The molecule has 0 aliphatic carbocycles. The van der Waals surface area contributed by atoms with Gasteiger partial charge >= 0.3 is 0 Å². The number of hydrogen-bond acceptors (Lipinski definition) is 5. The average molecular weight is 435 g/mol. The maximum atomic E-state index is 5.88. The van der Waals surface area contributed by atoms with Crippen LogP contribution in [0.4, 0.5) is 10.8 Å². The SMILES string of the molecule is CCSC(N)=Nc1ccc2nc(NCCc3ccc(Br)cc3)sc2c1. The van der Waals surface area contributed by atoms with Gasteiger partial charge in [-0.1, -0.05) is 58.1 Å². The fourth-order valence-corrected chi connectivity index (χ4v) is 3.99. The van der Waals surface area contributed by atoms with E-state index in [4.69, 9.17) is 5.73 Å². The first-order valence-corrected chi connectivity index (χ1v) is 10.6. The number of aromatic nitrogens is 1. The average Bonchev–Trinajstić information content (AvgIpc) is 2.99. The third-order valence-electron chi connectivity index (χ3n) is 3.51. The smallest absolute Gasteiger partial charge is 0.183 e. The predicted molar refractivity (Wildman–Crippen MR) is 115 cm³/mol. The number of fused-ring (bicyclic) bond motifs is 1. The quantitative estimate of drug-likeness (QED) is 0.401. The van der Waals surface area contributed by atoms with E-state index in [0.29, 0.717) is 5.17 Å². The van der Waals surface area contributed by atoms with Crippen molar-refractivity contribution in [2.45, 2.75) is 13.3 Å². The molecule has 25 heavy (non-hydrogen) atoms. The van der Waals surface area contributed by atoms with Crippen LogP contribution in [0.5, 0.6) is 0 Å². The summed E-state index contributed by atoms with van der Waals surface area (Å²) in [5.74, 6) is 0.921. The Morgan fingerprint density at radius 3 is 2.84 bits per heavy atom. The highest BCUT2D eigenvalue weighted by molar-refractivity contribution is 9.10. The van der Waals surface area contributed by atoms with Gasteiger partial charge in [-0.25, -0.2) is 9.98 Å². The zero-order chi connectivity index (χ0) is 17.6. The van der Waals surface area contributed by atoms with Crippen molar-refractivity contribution in [2.75, 3.05) is 17.6 Å². The first kappa shape index (κ1) is 18.2. The molecule has 0 aliphatic rings. The zero-order valence-electron chi connectivity index (χ0n) is 13.8. The van der Waals surface area contributed by atoms with Gasteiger partial charge in [0.25, 0.3) is 0 Å². The lowest BCUT2D eigenvalue weighted by Crippen LogP contribution is -2.05. The summed E-state index contributed by atoms with van der Waals surface area (Å²) in [6.45, 7) is 2.91. The fraction of sp³-hybridized carbons (Fsp3) is 0.222. The van der Waals surface area contributed by atoms with Crippen LogP contribution >= 0.6 is 39.0 Å². The number of thiazole rings is 1. The highest BCUT2D eigenvalue weighted by atomic mass is 79.9. The number of amidine groups is 1. The molecule has 0 spiro atoms. The van der Waals surface area contributed by atoms with Crippen LogP contribution < -0.4 is 11.1 Å². The molecule has 0 unspecified atom stereocenters. The van der Waals surface area contributed by atoms with Gasteiger partial charge < -0.3 is 11.1 Å². The number of hydrogen-bond donors (Lipinski definition) is 2. The Kier molecular flexibility index (Phi) is 6.34. The van der Waals surface area contributed by atoms with Crippen LogP contribution in [0.25, 0.3) is 10.2 Å². The Labute approximate surface area is 164 Å². The number of nitrogens with one attached hydrogen (secondary N) is 1. The van der Waals surface area contributed by atoms with Crippen molar-refractivity contribution in [2.24, 2.45) is 10.7 Å². The molecular weight excluding hydrogens is 416 g/mol. The van der Waals surface area contributed by atoms with E-state index in [9.17, 15) is 0 Å². The number of nitrogens with zero attached hydrogens (tertiary/aromatic N) is 2. The molecule has 0 saturated heterocycles. The third kappa shape index (κ3) is 5.20. The van der Waals surface area contributed by atoms with Crippen LogP contribution in [0, 0.1) is 0 Å². The van der Waals surface area contributed by atoms with Gasteiger partial charge in [0.15, 0.2) is 10.3 Å². The standard InChI is InChI=1S/C18H19BrN4S2/c1-2-24-17(20)22-14-7-8-15-16(11-14)25-18(23-15)21-10-9-12-3-5-13(19)6-4-12/h3-8,11H,2,9-10H2,1H3,(H2,20,22)(H,21,23). The number of halogens is 1. The van der Waals surface area contributed by atoms with Gasteiger partial charge in [-0.3, -0.25) is 0 Å². The number of nitrogens with two attached hydrogens (primary N) is 1. The van der Waals surface area contributed by atoms with Crippen LogP contribution in [0.15, 0.2) is 51.9 Å². The van der Waals surface area contributed by atoms with E-state index in [1.165, 1.54) is 5.56 Å². The molecular formula is C18H19BrN4S2. The van der Waals surface area contributed by atoms with Crippen molar-refractivity contribution in [3.63, 3.8) is 0 Å². The van der Waals surface area contributed by atoms with E-state index in [0.717, 1.165) is 44.2 Å². The van der Waals surface area contributed by atoms with Gasteiger partial charge in [0, 0.05) is 11.0 Å². The molecule has 1 heterocycles. The Morgan fingerprint density at radius 2 is 2.08 bits per heavy atom. The molecule has 7 heteroatoms. The lowest BCUT2D eigenvalue weighted by molar-refractivity contribution is 1.02. The number of aliphatic imine (C=N–C) groups is 1. The van der Waals surface area contributed by atoms with Crippen LogP contribution in [-0.4, -0.2) is 22.4 Å². The first-order chi connectivity index (χ1) is 12.1. The summed E-state index contributed by atoms with van der Waals surface area (Å²) in [7, 11) is 0. The number of anilines is 1. The molecule has 3 aromatic rings. The number of benzene rings is 2. The van der Waals surface area contributed by atoms with Gasteiger partial charge in [-0.05, 0) is 48.1 Å². The monoisotopic (exact) mass is 434 g/mol. The molecule has 0 bridgehead atoms. The van der Waals surface area contributed by atoms with Crippen molar-refractivity contribution >= 4 is 65.2 Å². The first-order valence-electron chi connectivity index (χ1n) is 8.00. The molecule has 0 atom stereocenters. The van der Waals surface area contributed by atoms with Gasteiger partial charge in [0.1, 0.15) is 0 Å². The van der Waals surface area contributed by atoms with Gasteiger partial charge in [0.2, 0.25) is 0 Å². The zero-order valence-corrected chi connectivity index (χ0v) is 17.0. The van der Waals surface area contributed by atoms with E-state index in [1.807, 2.05) is 18.2 Å². The summed E-state index contributed by atoms with van der Waals surface area (Å²) >= 11 is 6.65. The minimum absolute atomic E-state index is 0.596. The van der Waals surface area contributed by atoms with E-state index >= 15 is 0 Å². The molecule has 3 N–H and O–H groups in total. The van der Waals surface area contributed by atoms with E-state index in [1.54, 1.807) is 23.1 Å². The lowest BCUT2D eigenvalue weighted by Gasteiger charge is -2.02. The second kappa shape index (κ2) is 8.69. The maximum absolute atomic E-state index is 5.88. The van der Waals surface area contributed by atoms with Crippen molar-refractivity contribution < 1.29 is 0 Å². The van der Waals surface area contributed by atoms with Crippen LogP contribution in [0.3, 0.4) is 0 Å². The molecule has 0 saturated carbocycles. The molecule has 0 fully saturated rings. The van der Waals surface area contributed by atoms with Gasteiger partial charge in [-0.2, -0.15) is 0 Å². The summed E-state index contributed by atoms with van der Waals surface area (Å²) in [6.07, 6.45) is 0.962. The maximum Gasteiger partial charge on any atom is 0.183 e. The van der Waals surface area contributed by atoms with Crippen molar-refractivity contribution in [3.8, 4) is 0 Å². The molecule has 2 aromatic carbocycles. The van der Waals surface area contributed by atoms with E-state index in [-0.39, 0.29) is 0 Å². The van der Waals surface area contributed by atoms with Gasteiger partial charge in [0.05, 0.1) is 15.9 Å². The van der Waals surface area contributed by atoms with Crippen LogP contribution in [0.1, 0.15) is 12.5 Å². The fourth-order valence-electron chi connectivity index (χ4n) is 2.33. The Balaban J connectivity index is 1.64. The van der Waals surface area contributed by atoms with Gasteiger partial charge in [-0.15, -0.1) is 0 Å². The van der Waals surface area contributed by atoms with Crippen molar-refractivity contribution in [1.29, 1.82) is 0 Å². The largest absolute Gasteiger partial charge is 0.378 e. The second-order valence-corrected chi connectivity index (χ2v) is 8.59. The third-order valence-corrected chi connectivity index (χ3v) is 5.69. The van der Waals surface area contributed by atoms with Crippen LogP contribution in [-0.2, 0) is 6.42 Å². The normalized spacial score (nSPS) is 11.8. The highest BCUT2D eigenvalue weighted by Crippen LogP contribution is 2.29. The topological polar surface area (TPSA) is 63.3 Å². The molecule has 1 aromatic heterocycles. The summed E-state index contributed by atoms with van der Waals surface area (Å²) in [4.78, 5) is 9.06. The highest BCUT2D eigenvalue weighted by Gasteiger charge is 2.05. The summed E-state index contributed by atoms with van der Waals surface area (Å²) in [5.41, 5.74) is 9.04. The Bertz CT molecular complexity index is 874. The molecule has 0 aliphatic heterocycles. The van der Waals surface area contributed by atoms with Crippen LogP contribution in [0.2, 0.25) is 0 Å². The lowest BCUT2D eigenvalue weighted by atomic mass is 10.1. The minimum Gasteiger partial charge on any atom is -0.378 e. The summed E-state index contributed by atoms with van der Waals surface area (Å²) in [6, 6.07) is 14.4. The predicted octanol–water partition coefficient (Wildman–Crippen LogP) is 5.41. The molecule has 4 nitrogen and oxygen atoms in total. The van der Waals surface area contributed by atoms with Crippen molar-refractivity contribution in [1.82, 2.24) is 4.98 Å². The van der Waals surface area contributed by atoms with Crippen molar-refractivity contribution in [3.05, 3.63) is 52.5 Å². The van der Waals surface area contributed by atoms with E-state index < -0.39 is 0 Å². The Hall–Kier alpha value is -1.57. The molecule has 0 amide bonds. The van der Waals surface area contributed by atoms with E-state index in [2.05, 4.69) is 62.4 Å². The molecule has 0 radical (unpaired) electrons. The number of thioether (sulfide) groups is 1. The minimum atomic E-state index is 0.596. The summed E-state index contributed by atoms with van der Waals surface area (Å²) in [5, 5.41) is 4.94.